The molecule has 0 aliphatic heterocycles. The van der Waals surface area contributed by atoms with Gasteiger partial charge in [-0.15, -0.1) is 0 Å². The lowest BCUT2D eigenvalue weighted by atomic mass is 10.00. The molecular formula is C12H26AlNO2. The highest BCUT2D eigenvalue weighted by atomic mass is 27.2. The summed E-state index contributed by atoms with van der Waals surface area (Å²) < 4.78 is 8.86. The van der Waals surface area contributed by atoms with Crippen LogP contribution >= 0.6 is 0 Å². The molecule has 2 atom stereocenters. The Labute approximate surface area is 105 Å². The lowest BCUT2D eigenvalue weighted by molar-refractivity contribution is -0.158. The Morgan fingerprint density at radius 3 is 2.19 bits per heavy atom. The van der Waals surface area contributed by atoms with Crippen LogP contribution in [-0.4, -0.2) is 32.0 Å². The summed E-state index contributed by atoms with van der Waals surface area (Å²) in [5.74, 6) is 4.58. The molecule has 0 aromatic rings. The van der Waals surface area contributed by atoms with Gasteiger partial charge >= 0.3 is 20.3 Å². The number of hydrogen-bond acceptors (Lipinski definition) is 3. The normalized spacial score (nSPS) is 15.4. The highest BCUT2D eigenvalue weighted by Crippen LogP contribution is 2.14. The minimum Gasteiger partial charge on any atom is -0.459 e. The molecule has 0 heterocycles. The lowest BCUT2D eigenvalue weighted by Crippen LogP contribution is -2.49. The van der Waals surface area contributed by atoms with Gasteiger partial charge in [-0.2, -0.15) is 0 Å². The van der Waals surface area contributed by atoms with Crippen LogP contribution in [0, 0.1) is 5.92 Å². The van der Waals surface area contributed by atoms with Gasteiger partial charge < -0.3 is 9.04 Å². The van der Waals surface area contributed by atoms with E-state index in [0.29, 0.717) is 5.92 Å². The van der Waals surface area contributed by atoms with Crippen molar-refractivity contribution in [3.05, 3.63) is 0 Å². The maximum absolute atomic E-state index is 12.0. The number of carbonyl (C=O) groups excluding carboxylic acids is 1. The predicted octanol–water partition coefficient (Wildman–Crippen LogP) is 2.58. The summed E-state index contributed by atoms with van der Waals surface area (Å²) in [6.45, 7) is 9.92. The molecule has 94 valence electrons. The third-order valence-corrected chi connectivity index (χ3v) is 3.41. The molecule has 16 heavy (non-hydrogen) atoms. The summed E-state index contributed by atoms with van der Waals surface area (Å²) in [5, 5.41) is 0. The topological polar surface area (TPSA) is 38.3 Å². The van der Waals surface area contributed by atoms with Crippen LogP contribution in [0.3, 0.4) is 0 Å². The Morgan fingerprint density at radius 1 is 1.38 bits per heavy atom. The summed E-state index contributed by atoms with van der Waals surface area (Å²) in [6, 6.07) is -0.143. The molecular weight excluding hydrogens is 217 g/mol. The SMILES string of the molecule is CC[C@H](C)[C@H]([NH][Al]([CH3])[CH3])C(=O)OC(C)(C)C. The highest BCUT2D eigenvalue weighted by Gasteiger charge is 2.29. The molecule has 0 aliphatic rings. The highest BCUT2D eigenvalue weighted by molar-refractivity contribution is 6.53. The van der Waals surface area contributed by atoms with Crippen LogP contribution in [0.4, 0.5) is 0 Å². The van der Waals surface area contributed by atoms with Crippen molar-refractivity contribution in [2.75, 3.05) is 0 Å². The molecule has 4 heteroatoms. The Hall–Kier alpha value is -0.0375. The molecule has 0 saturated carbocycles. The molecule has 0 rings (SSSR count). The van der Waals surface area contributed by atoms with Crippen molar-refractivity contribution in [2.45, 2.75) is 64.3 Å². The van der Waals surface area contributed by atoms with Crippen molar-refractivity contribution >= 4 is 20.3 Å². The summed E-state index contributed by atoms with van der Waals surface area (Å²) in [6.07, 6.45) is 0.984. The number of nitrogens with one attached hydrogen (secondary N) is 1. The second-order valence-corrected chi connectivity index (χ2v) is 8.36. The average Bonchev–Trinajstić information content (AvgIpc) is 2.09. The van der Waals surface area contributed by atoms with Gasteiger partial charge in [0.05, 0.1) is 6.04 Å². The molecule has 0 unspecified atom stereocenters. The van der Waals surface area contributed by atoms with Gasteiger partial charge in [0.25, 0.3) is 0 Å². The second-order valence-electron chi connectivity index (χ2n) is 5.72. The Morgan fingerprint density at radius 2 is 1.88 bits per heavy atom. The van der Waals surface area contributed by atoms with E-state index < -0.39 is 20.0 Å². The van der Waals surface area contributed by atoms with E-state index in [1.807, 2.05) is 20.8 Å². The lowest BCUT2D eigenvalue weighted by Gasteiger charge is -2.28. The summed E-state index contributed by atoms with van der Waals surface area (Å²) in [7, 11) is 0. The molecule has 0 fully saturated rings. The van der Waals surface area contributed by atoms with Crippen LogP contribution in [0.1, 0.15) is 41.0 Å². The Bertz CT molecular complexity index is 224. The van der Waals surface area contributed by atoms with E-state index in [0.717, 1.165) is 6.42 Å². The van der Waals surface area contributed by atoms with E-state index in [9.17, 15) is 4.79 Å². The Balaban J connectivity index is 4.56. The number of carbonyl (C=O) groups is 1. The van der Waals surface area contributed by atoms with E-state index in [-0.39, 0.29) is 12.0 Å². The third kappa shape index (κ3) is 6.52. The summed E-state index contributed by atoms with van der Waals surface area (Å²) >= 11 is -0.973. The first-order chi connectivity index (χ1) is 7.17. The fourth-order valence-electron chi connectivity index (χ4n) is 1.42. The van der Waals surface area contributed by atoms with Crippen LogP contribution in [0.15, 0.2) is 0 Å². The van der Waals surface area contributed by atoms with Gasteiger partial charge in [-0.25, -0.2) is 0 Å². The van der Waals surface area contributed by atoms with Gasteiger partial charge in [0.15, 0.2) is 0 Å². The van der Waals surface area contributed by atoms with Crippen molar-refractivity contribution in [3.8, 4) is 0 Å². The van der Waals surface area contributed by atoms with E-state index in [4.69, 9.17) is 4.74 Å². The average molecular weight is 243 g/mol. The second kappa shape index (κ2) is 6.64. The number of ether oxygens (including phenoxy) is 1. The van der Waals surface area contributed by atoms with E-state index in [2.05, 4.69) is 29.7 Å². The van der Waals surface area contributed by atoms with Gasteiger partial charge in [-0.3, -0.25) is 4.79 Å². The van der Waals surface area contributed by atoms with Gasteiger partial charge in [0.2, 0.25) is 0 Å². The Kier molecular flexibility index (Phi) is 6.62. The van der Waals surface area contributed by atoms with E-state index in [1.165, 1.54) is 0 Å². The molecule has 0 aliphatic carbocycles. The fourth-order valence-corrected chi connectivity index (χ4v) is 2.61. The molecule has 0 aromatic carbocycles. The number of hydrogen-bond donors (Lipinski definition) is 1. The standard InChI is InChI=1S/C10H20NO2.2CH3.Al/c1-6-7(2)8(11)9(12)13-10(3,4)5;;;/h7-8,11H,6H2,1-5H3;2*1H3;/q-1;;;+1/t7-,8-;;;/m0.../s1. The van der Waals surface area contributed by atoms with Crippen LogP contribution in [0.25, 0.3) is 0 Å². The molecule has 0 saturated heterocycles. The van der Waals surface area contributed by atoms with Crippen LogP contribution < -0.4 is 4.30 Å². The predicted molar refractivity (Wildman–Crippen MR) is 69.7 cm³/mol. The molecule has 0 spiro atoms. The molecule has 1 N–H and O–H groups in total. The zero-order chi connectivity index (χ0) is 12.9. The maximum Gasteiger partial charge on any atom is 0.363 e. The zero-order valence-corrected chi connectivity index (χ0v) is 12.9. The van der Waals surface area contributed by atoms with Crippen LogP contribution in [-0.2, 0) is 9.53 Å². The number of rotatable bonds is 5. The van der Waals surface area contributed by atoms with Gasteiger partial charge in [0, 0.05) is 0 Å². The number of esters is 1. The van der Waals surface area contributed by atoms with Crippen LogP contribution in [0.2, 0.25) is 11.6 Å². The van der Waals surface area contributed by atoms with Gasteiger partial charge in [-0.1, -0.05) is 31.8 Å². The van der Waals surface area contributed by atoms with Crippen molar-refractivity contribution in [1.29, 1.82) is 0 Å². The van der Waals surface area contributed by atoms with Crippen molar-refractivity contribution in [3.63, 3.8) is 0 Å². The van der Waals surface area contributed by atoms with Crippen molar-refractivity contribution in [1.82, 2.24) is 4.30 Å². The first kappa shape index (κ1) is 16.0. The summed E-state index contributed by atoms with van der Waals surface area (Å²) in [4.78, 5) is 12.0. The first-order valence-electron chi connectivity index (χ1n) is 6.16. The van der Waals surface area contributed by atoms with E-state index >= 15 is 0 Å². The van der Waals surface area contributed by atoms with E-state index in [1.54, 1.807) is 0 Å². The quantitative estimate of drug-likeness (QED) is 0.596. The monoisotopic (exact) mass is 243 g/mol. The minimum atomic E-state index is -0.973. The molecule has 3 nitrogen and oxygen atoms in total. The van der Waals surface area contributed by atoms with Gasteiger partial charge in [-0.05, 0) is 26.7 Å². The van der Waals surface area contributed by atoms with Gasteiger partial charge in [0.1, 0.15) is 5.60 Å². The zero-order valence-electron chi connectivity index (χ0n) is 11.8. The molecule has 0 aromatic heterocycles. The van der Waals surface area contributed by atoms with Crippen molar-refractivity contribution in [2.24, 2.45) is 5.92 Å². The first-order valence-corrected chi connectivity index (χ1v) is 9.05. The largest absolute Gasteiger partial charge is 0.459 e. The smallest absolute Gasteiger partial charge is 0.363 e. The van der Waals surface area contributed by atoms with Crippen LogP contribution in [0.5, 0.6) is 0 Å². The maximum atomic E-state index is 12.0. The molecule has 0 bridgehead atoms. The molecule has 0 amide bonds. The molecule has 0 radical (unpaired) electrons. The summed E-state index contributed by atoms with van der Waals surface area (Å²) in [5.41, 5.74) is -0.400. The minimum absolute atomic E-state index is 0.108. The van der Waals surface area contributed by atoms with Crippen molar-refractivity contribution < 1.29 is 9.53 Å². The fraction of sp³-hybridized carbons (Fsp3) is 0.917. The third-order valence-electron chi connectivity index (χ3n) is 2.39.